The number of rotatable bonds is 3. The Morgan fingerprint density at radius 2 is 2.11 bits per heavy atom. The standard InChI is InChI=1S/C11H13NO4S2/c1-8-4-2-3-5-10(8)18(15,16)12-7-17-6-9(12)11(13)14/h2-5,9H,6-7H2,1H3,(H,13,14). The predicted molar refractivity (Wildman–Crippen MR) is 69.0 cm³/mol. The summed E-state index contributed by atoms with van der Waals surface area (Å²) in [4.78, 5) is 11.2. The fraction of sp³-hybridized carbons (Fsp3) is 0.364. The summed E-state index contributed by atoms with van der Waals surface area (Å²) in [7, 11) is -3.73. The lowest BCUT2D eigenvalue weighted by atomic mass is 10.2. The number of hydrogen-bond donors (Lipinski definition) is 1. The Kier molecular flexibility index (Phi) is 3.65. The van der Waals surface area contributed by atoms with Crippen molar-refractivity contribution in [3.63, 3.8) is 0 Å². The largest absolute Gasteiger partial charge is 0.480 e. The second kappa shape index (κ2) is 4.91. The fourth-order valence-electron chi connectivity index (χ4n) is 1.83. The topological polar surface area (TPSA) is 74.7 Å². The van der Waals surface area contributed by atoms with E-state index >= 15 is 0 Å². The third-order valence-corrected chi connectivity index (χ3v) is 6.00. The molecule has 1 heterocycles. The number of sulfonamides is 1. The van der Waals surface area contributed by atoms with E-state index in [1.807, 2.05) is 0 Å². The lowest BCUT2D eigenvalue weighted by Gasteiger charge is -2.20. The van der Waals surface area contributed by atoms with Crippen molar-refractivity contribution in [2.45, 2.75) is 17.9 Å². The minimum Gasteiger partial charge on any atom is -0.480 e. The first-order valence-electron chi connectivity index (χ1n) is 5.32. The molecule has 1 aliphatic rings. The molecule has 0 radical (unpaired) electrons. The Morgan fingerprint density at radius 3 is 2.72 bits per heavy atom. The summed E-state index contributed by atoms with van der Waals surface area (Å²) in [5.41, 5.74) is 0.624. The van der Waals surface area contributed by atoms with E-state index in [1.54, 1.807) is 25.1 Å². The van der Waals surface area contributed by atoms with Crippen molar-refractivity contribution in [1.82, 2.24) is 4.31 Å². The van der Waals surface area contributed by atoms with Crippen molar-refractivity contribution < 1.29 is 18.3 Å². The molecule has 1 aliphatic heterocycles. The average Bonchev–Trinajstić information content (AvgIpc) is 2.78. The molecule has 0 saturated carbocycles. The molecule has 1 aromatic rings. The Balaban J connectivity index is 2.43. The molecule has 0 aromatic heterocycles. The number of carboxylic acids is 1. The zero-order chi connectivity index (χ0) is 13.3. The maximum Gasteiger partial charge on any atom is 0.322 e. The Bertz CT molecular complexity index is 570. The second-order valence-electron chi connectivity index (χ2n) is 4.01. The number of aliphatic carboxylic acids is 1. The number of thioether (sulfide) groups is 1. The molecule has 1 atom stereocenters. The number of benzene rings is 1. The smallest absolute Gasteiger partial charge is 0.322 e. The highest BCUT2D eigenvalue weighted by Gasteiger charge is 2.40. The monoisotopic (exact) mass is 287 g/mol. The van der Waals surface area contributed by atoms with Crippen LogP contribution in [0, 0.1) is 6.92 Å². The minimum atomic E-state index is -3.73. The van der Waals surface area contributed by atoms with E-state index in [2.05, 4.69) is 0 Å². The van der Waals surface area contributed by atoms with Crippen LogP contribution in [0.4, 0.5) is 0 Å². The van der Waals surface area contributed by atoms with E-state index in [1.165, 1.54) is 17.8 Å². The van der Waals surface area contributed by atoms with Crippen LogP contribution in [0.15, 0.2) is 29.2 Å². The van der Waals surface area contributed by atoms with Crippen molar-refractivity contribution in [2.75, 3.05) is 11.6 Å². The lowest BCUT2D eigenvalue weighted by Crippen LogP contribution is -2.41. The molecule has 1 unspecified atom stereocenters. The molecule has 5 nitrogen and oxygen atoms in total. The molecule has 1 N–H and O–H groups in total. The normalized spacial score (nSPS) is 21.1. The highest BCUT2D eigenvalue weighted by molar-refractivity contribution is 8.00. The molecular formula is C11H13NO4S2. The highest BCUT2D eigenvalue weighted by Crippen LogP contribution is 2.29. The first kappa shape index (κ1) is 13.4. The van der Waals surface area contributed by atoms with Gasteiger partial charge in [0.05, 0.1) is 10.8 Å². The van der Waals surface area contributed by atoms with Gasteiger partial charge in [0.1, 0.15) is 6.04 Å². The molecule has 1 fully saturated rings. The van der Waals surface area contributed by atoms with Gasteiger partial charge in [0.15, 0.2) is 0 Å². The number of nitrogens with zero attached hydrogens (tertiary/aromatic N) is 1. The summed E-state index contributed by atoms with van der Waals surface area (Å²) < 4.78 is 25.9. The molecule has 0 aliphatic carbocycles. The number of carbonyl (C=O) groups is 1. The van der Waals surface area contributed by atoms with Crippen LogP contribution in [0.25, 0.3) is 0 Å². The van der Waals surface area contributed by atoms with Crippen LogP contribution in [0.2, 0.25) is 0 Å². The van der Waals surface area contributed by atoms with Crippen LogP contribution in [0.5, 0.6) is 0 Å². The van der Waals surface area contributed by atoms with Gasteiger partial charge >= 0.3 is 5.97 Å². The summed E-state index contributed by atoms with van der Waals surface area (Å²) >= 11 is 1.31. The molecular weight excluding hydrogens is 274 g/mol. The van der Waals surface area contributed by atoms with E-state index < -0.39 is 22.0 Å². The Hall–Kier alpha value is -1.05. The maximum absolute atomic E-state index is 12.4. The van der Waals surface area contributed by atoms with Crippen LogP contribution < -0.4 is 0 Å². The molecule has 98 valence electrons. The van der Waals surface area contributed by atoms with Gasteiger partial charge in [-0.15, -0.1) is 11.8 Å². The SMILES string of the molecule is Cc1ccccc1S(=O)(=O)N1CSCC1C(=O)O. The first-order valence-corrected chi connectivity index (χ1v) is 7.92. The zero-order valence-corrected chi connectivity index (χ0v) is 11.4. The van der Waals surface area contributed by atoms with Crippen LogP contribution in [-0.4, -0.2) is 41.5 Å². The first-order chi connectivity index (χ1) is 8.44. The van der Waals surface area contributed by atoms with Gasteiger partial charge in [-0.3, -0.25) is 4.79 Å². The Morgan fingerprint density at radius 1 is 1.44 bits per heavy atom. The average molecular weight is 287 g/mol. The van der Waals surface area contributed by atoms with Crippen molar-refractivity contribution in [2.24, 2.45) is 0 Å². The molecule has 7 heteroatoms. The van der Waals surface area contributed by atoms with Crippen LogP contribution >= 0.6 is 11.8 Å². The van der Waals surface area contributed by atoms with Crippen molar-refractivity contribution >= 4 is 27.8 Å². The quantitative estimate of drug-likeness (QED) is 0.902. The van der Waals surface area contributed by atoms with Crippen molar-refractivity contribution in [1.29, 1.82) is 0 Å². The summed E-state index contributed by atoms with van der Waals surface area (Å²) in [5, 5.41) is 9.04. The number of carboxylic acid groups (broad SMARTS) is 1. The van der Waals surface area contributed by atoms with E-state index in [-0.39, 0.29) is 10.8 Å². The summed E-state index contributed by atoms with van der Waals surface area (Å²) in [6.45, 7) is 1.70. The molecule has 0 spiro atoms. The van der Waals surface area contributed by atoms with Crippen LogP contribution in [0.1, 0.15) is 5.56 Å². The molecule has 1 saturated heterocycles. The van der Waals surface area contributed by atoms with Crippen LogP contribution in [0.3, 0.4) is 0 Å². The summed E-state index contributed by atoms with van der Waals surface area (Å²) in [6.07, 6.45) is 0. The summed E-state index contributed by atoms with van der Waals surface area (Å²) in [6, 6.07) is 5.62. The maximum atomic E-state index is 12.4. The van der Waals surface area contributed by atoms with Gasteiger partial charge < -0.3 is 5.11 Å². The fourth-order valence-corrected chi connectivity index (χ4v) is 5.19. The van der Waals surface area contributed by atoms with E-state index in [0.717, 1.165) is 4.31 Å². The second-order valence-corrected chi connectivity index (χ2v) is 6.87. The van der Waals surface area contributed by atoms with Gasteiger partial charge in [-0.1, -0.05) is 18.2 Å². The van der Waals surface area contributed by atoms with Gasteiger partial charge in [-0.25, -0.2) is 8.42 Å². The Labute approximate surface area is 110 Å². The molecule has 1 aromatic carbocycles. The predicted octanol–water partition coefficient (Wildman–Crippen LogP) is 1.14. The summed E-state index contributed by atoms with van der Waals surface area (Å²) in [5.74, 6) is -0.620. The molecule has 0 amide bonds. The highest BCUT2D eigenvalue weighted by atomic mass is 32.2. The number of hydrogen-bond acceptors (Lipinski definition) is 4. The van der Waals surface area contributed by atoms with Gasteiger partial charge in [0.25, 0.3) is 0 Å². The van der Waals surface area contributed by atoms with Gasteiger partial charge in [-0.05, 0) is 18.6 Å². The van der Waals surface area contributed by atoms with Crippen molar-refractivity contribution in [3.05, 3.63) is 29.8 Å². The number of aryl methyl sites for hydroxylation is 1. The molecule has 2 rings (SSSR count). The van der Waals surface area contributed by atoms with Crippen LogP contribution in [-0.2, 0) is 14.8 Å². The minimum absolute atomic E-state index is 0.179. The lowest BCUT2D eigenvalue weighted by molar-refractivity contribution is -0.140. The van der Waals surface area contributed by atoms with Crippen molar-refractivity contribution in [3.8, 4) is 0 Å². The molecule has 0 bridgehead atoms. The zero-order valence-electron chi connectivity index (χ0n) is 9.74. The van der Waals surface area contributed by atoms with E-state index in [4.69, 9.17) is 5.11 Å². The van der Waals surface area contributed by atoms with Gasteiger partial charge in [-0.2, -0.15) is 4.31 Å². The van der Waals surface area contributed by atoms with E-state index in [0.29, 0.717) is 11.3 Å². The van der Waals surface area contributed by atoms with Gasteiger partial charge in [0, 0.05) is 5.75 Å². The third kappa shape index (κ3) is 2.25. The van der Waals surface area contributed by atoms with Gasteiger partial charge in [0.2, 0.25) is 10.0 Å². The van der Waals surface area contributed by atoms with E-state index in [9.17, 15) is 13.2 Å². The molecule has 18 heavy (non-hydrogen) atoms. The third-order valence-electron chi connectivity index (χ3n) is 2.81.